The van der Waals surface area contributed by atoms with Gasteiger partial charge in [-0.15, -0.1) is 0 Å². The first-order chi connectivity index (χ1) is 14.5. The van der Waals surface area contributed by atoms with E-state index in [1.807, 2.05) is 0 Å². The minimum atomic E-state index is -0.446. The molecule has 154 valence electrons. The monoisotopic (exact) mass is 407 g/mol. The molecule has 1 aliphatic carbocycles. The molecule has 0 radical (unpaired) electrons. The van der Waals surface area contributed by atoms with Crippen LogP contribution in [0.3, 0.4) is 0 Å². The maximum atomic E-state index is 13.9. The van der Waals surface area contributed by atoms with Crippen molar-refractivity contribution in [2.75, 3.05) is 5.32 Å². The molecule has 2 N–H and O–H groups in total. The van der Waals surface area contributed by atoms with Crippen LogP contribution in [0.5, 0.6) is 0 Å². The van der Waals surface area contributed by atoms with E-state index in [0.29, 0.717) is 23.7 Å². The second kappa shape index (κ2) is 8.20. The Kier molecular flexibility index (Phi) is 5.46. The Morgan fingerprint density at radius 2 is 1.97 bits per heavy atom. The molecule has 7 heteroatoms. The normalized spacial score (nSPS) is 13.3. The Balaban J connectivity index is 1.89. The fourth-order valence-corrected chi connectivity index (χ4v) is 3.37. The summed E-state index contributed by atoms with van der Waals surface area (Å²) >= 11 is 0. The van der Waals surface area contributed by atoms with Crippen molar-refractivity contribution in [3.05, 3.63) is 75.8 Å². The molecule has 1 aliphatic rings. The molecule has 1 saturated carbocycles. The van der Waals surface area contributed by atoms with Crippen LogP contribution in [0.25, 0.3) is 11.3 Å². The zero-order chi connectivity index (χ0) is 21.3. The lowest BCUT2D eigenvalue weighted by Crippen LogP contribution is -2.29. The second-order valence-electron chi connectivity index (χ2n) is 7.58. The molecule has 4 rings (SSSR count). The molecule has 1 aromatic heterocycles. The van der Waals surface area contributed by atoms with E-state index in [0.717, 1.165) is 18.4 Å². The third-order valence-corrected chi connectivity index (χ3v) is 5.14. The number of halogens is 1. The van der Waals surface area contributed by atoms with Crippen molar-refractivity contribution >= 4 is 17.2 Å². The summed E-state index contributed by atoms with van der Waals surface area (Å²) in [6, 6.07) is 12.8. The first-order valence-electron chi connectivity index (χ1n) is 9.85. The van der Waals surface area contributed by atoms with Gasteiger partial charge in [-0.05, 0) is 55.5 Å². The Labute approximate surface area is 173 Å². The number of hydrogen-bond donors (Lipinski definition) is 2. The lowest BCUT2D eigenvalue weighted by molar-refractivity contribution is 0.101. The van der Waals surface area contributed by atoms with Gasteiger partial charge in [0.2, 0.25) is 0 Å². The summed E-state index contributed by atoms with van der Waals surface area (Å²) in [7, 11) is 0. The zero-order valence-corrected chi connectivity index (χ0v) is 16.6. The van der Waals surface area contributed by atoms with Gasteiger partial charge in [0.1, 0.15) is 17.2 Å². The fourth-order valence-electron chi connectivity index (χ4n) is 3.37. The van der Waals surface area contributed by atoms with Crippen molar-refractivity contribution in [2.24, 2.45) is 5.92 Å². The van der Waals surface area contributed by atoms with E-state index in [2.05, 4.69) is 10.4 Å². The standard InChI is InChI=1S/C23H22FN3O3/c1-14(29)20-21(17-3-2-4-18(24)11-17)26-27(12-15-5-6-15)23(30)22(20)25-19-9-7-16(13-28)8-10-19/h2-4,7-11,15,25,28H,5-6,12-13H2,1H3. The fraction of sp³-hybridized carbons (Fsp3) is 0.261. The first kappa shape index (κ1) is 20.0. The molecule has 30 heavy (non-hydrogen) atoms. The number of aromatic nitrogens is 2. The molecule has 1 heterocycles. The van der Waals surface area contributed by atoms with E-state index in [4.69, 9.17) is 0 Å². The highest BCUT2D eigenvalue weighted by molar-refractivity contribution is 6.05. The van der Waals surface area contributed by atoms with Crippen LogP contribution >= 0.6 is 0 Å². The van der Waals surface area contributed by atoms with Gasteiger partial charge in [0.05, 0.1) is 12.2 Å². The highest BCUT2D eigenvalue weighted by Gasteiger charge is 2.27. The van der Waals surface area contributed by atoms with Crippen LogP contribution in [0.4, 0.5) is 15.8 Å². The average Bonchev–Trinajstić information content (AvgIpc) is 3.55. The molecule has 0 aliphatic heterocycles. The van der Waals surface area contributed by atoms with E-state index in [1.54, 1.807) is 36.4 Å². The number of carbonyl (C=O) groups is 1. The summed E-state index contributed by atoms with van der Waals surface area (Å²) in [6.45, 7) is 1.73. The van der Waals surface area contributed by atoms with Crippen LogP contribution in [0, 0.1) is 11.7 Å². The number of benzene rings is 2. The van der Waals surface area contributed by atoms with E-state index >= 15 is 0 Å². The van der Waals surface area contributed by atoms with Gasteiger partial charge in [0.25, 0.3) is 5.56 Å². The van der Waals surface area contributed by atoms with Gasteiger partial charge in [0.15, 0.2) is 5.78 Å². The molecule has 3 aromatic rings. The van der Waals surface area contributed by atoms with Crippen molar-refractivity contribution in [2.45, 2.75) is 32.9 Å². The minimum absolute atomic E-state index is 0.0911. The molecular formula is C23H22FN3O3. The van der Waals surface area contributed by atoms with Crippen molar-refractivity contribution in [1.29, 1.82) is 0 Å². The molecule has 2 aromatic carbocycles. The lowest BCUT2D eigenvalue weighted by atomic mass is 10.0. The van der Waals surface area contributed by atoms with Crippen LogP contribution in [0.1, 0.15) is 35.7 Å². The maximum Gasteiger partial charge on any atom is 0.291 e. The SMILES string of the molecule is CC(=O)c1c(-c2cccc(F)c2)nn(CC2CC2)c(=O)c1Nc1ccc(CO)cc1. The average molecular weight is 407 g/mol. The molecule has 6 nitrogen and oxygen atoms in total. The molecule has 0 atom stereocenters. The van der Waals surface area contributed by atoms with E-state index in [9.17, 15) is 19.1 Å². The second-order valence-corrected chi connectivity index (χ2v) is 7.58. The summed E-state index contributed by atoms with van der Waals surface area (Å²) in [5.41, 5.74) is 1.89. The maximum absolute atomic E-state index is 13.9. The summed E-state index contributed by atoms with van der Waals surface area (Å²) in [5, 5.41) is 16.8. The van der Waals surface area contributed by atoms with Crippen molar-refractivity contribution in [3.63, 3.8) is 0 Å². The zero-order valence-electron chi connectivity index (χ0n) is 16.6. The Bertz CT molecular complexity index is 1150. The van der Waals surface area contributed by atoms with Crippen molar-refractivity contribution in [3.8, 4) is 11.3 Å². The third-order valence-electron chi connectivity index (χ3n) is 5.14. The molecule has 0 unspecified atom stereocenters. The summed E-state index contributed by atoms with van der Waals surface area (Å²) in [6.07, 6.45) is 2.06. The van der Waals surface area contributed by atoms with E-state index < -0.39 is 11.4 Å². The number of aliphatic hydroxyl groups is 1. The molecular weight excluding hydrogens is 385 g/mol. The van der Waals surface area contributed by atoms with Crippen LogP contribution in [-0.4, -0.2) is 20.7 Å². The summed E-state index contributed by atoms with van der Waals surface area (Å²) in [5.74, 6) is -0.403. The molecule has 0 amide bonds. The van der Waals surface area contributed by atoms with Gasteiger partial charge in [-0.1, -0.05) is 24.3 Å². The summed E-state index contributed by atoms with van der Waals surface area (Å²) in [4.78, 5) is 25.8. The van der Waals surface area contributed by atoms with Crippen LogP contribution < -0.4 is 10.9 Å². The van der Waals surface area contributed by atoms with Crippen LogP contribution in [0.2, 0.25) is 0 Å². The first-order valence-corrected chi connectivity index (χ1v) is 9.85. The number of carbonyl (C=O) groups excluding carboxylic acids is 1. The molecule has 0 spiro atoms. The summed E-state index contributed by atoms with van der Waals surface area (Å²) < 4.78 is 15.3. The predicted molar refractivity (Wildman–Crippen MR) is 112 cm³/mol. The number of aliphatic hydroxyl groups excluding tert-OH is 1. The van der Waals surface area contributed by atoms with E-state index in [-0.39, 0.29) is 29.3 Å². The number of ketones is 1. The van der Waals surface area contributed by atoms with Gasteiger partial charge in [-0.2, -0.15) is 5.10 Å². The Morgan fingerprint density at radius 3 is 2.57 bits per heavy atom. The topological polar surface area (TPSA) is 84.2 Å². The lowest BCUT2D eigenvalue weighted by Gasteiger charge is -2.17. The van der Waals surface area contributed by atoms with Gasteiger partial charge < -0.3 is 10.4 Å². The van der Waals surface area contributed by atoms with Gasteiger partial charge >= 0.3 is 0 Å². The smallest absolute Gasteiger partial charge is 0.291 e. The Hall–Kier alpha value is -3.32. The number of anilines is 2. The minimum Gasteiger partial charge on any atom is -0.392 e. The molecule has 1 fully saturated rings. The van der Waals surface area contributed by atoms with Gasteiger partial charge in [0, 0.05) is 17.8 Å². The largest absolute Gasteiger partial charge is 0.392 e. The van der Waals surface area contributed by atoms with Gasteiger partial charge in [-0.3, -0.25) is 9.59 Å². The van der Waals surface area contributed by atoms with Crippen molar-refractivity contribution < 1.29 is 14.3 Å². The third kappa shape index (κ3) is 4.16. The predicted octanol–water partition coefficient (Wildman–Crippen LogP) is 3.90. The molecule has 0 saturated heterocycles. The number of nitrogens with one attached hydrogen (secondary N) is 1. The van der Waals surface area contributed by atoms with E-state index in [1.165, 1.54) is 23.7 Å². The quantitative estimate of drug-likeness (QED) is 0.581. The Morgan fingerprint density at radius 1 is 1.23 bits per heavy atom. The van der Waals surface area contributed by atoms with Crippen LogP contribution in [-0.2, 0) is 13.2 Å². The highest BCUT2D eigenvalue weighted by atomic mass is 19.1. The van der Waals surface area contributed by atoms with Crippen molar-refractivity contribution in [1.82, 2.24) is 9.78 Å². The van der Waals surface area contributed by atoms with Gasteiger partial charge in [-0.25, -0.2) is 9.07 Å². The number of Topliss-reactive ketones (excluding diaryl/α,β-unsaturated/α-hetero) is 1. The molecule has 0 bridgehead atoms. The highest BCUT2D eigenvalue weighted by Crippen LogP contribution is 2.32. The number of rotatable bonds is 7. The number of hydrogen-bond acceptors (Lipinski definition) is 5. The number of nitrogens with zero attached hydrogens (tertiary/aromatic N) is 2. The van der Waals surface area contributed by atoms with Crippen LogP contribution in [0.15, 0.2) is 53.3 Å².